The predicted octanol–water partition coefficient (Wildman–Crippen LogP) is 6.05. The monoisotopic (exact) mass is 412 g/mol. The van der Waals surface area contributed by atoms with Gasteiger partial charge in [-0.3, -0.25) is 9.59 Å². The maximum Gasteiger partial charge on any atom is 0.254 e. The lowest BCUT2D eigenvalue weighted by molar-refractivity contribution is 0.0542. The highest BCUT2D eigenvalue weighted by atomic mass is 16.2. The van der Waals surface area contributed by atoms with E-state index in [9.17, 15) is 9.59 Å². The summed E-state index contributed by atoms with van der Waals surface area (Å²) in [5.74, 6) is 0.202. The van der Waals surface area contributed by atoms with Gasteiger partial charge in [0.25, 0.3) is 11.8 Å². The molecule has 4 heteroatoms. The van der Waals surface area contributed by atoms with Crippen LogP contribution in [0.4, 0.5) is 0 Å². The van der Waals surface area contributed by atoms with Crippen LogP contribution in [0.1, 0.15) is 113 Å². The second-order valence-electron chi connectivity index (χ2n) is 9.77. The molecule has 3 rings (SSSR count). The third kappa shape index (κ3) is 5.25. The first-order chi connectivity index (χ1) is 14.4. The van der Waals surface area contributed by atoms with E-state index in [1.54, 1.807) is 0 Å². The molecule has 0 unspecified atom stereocenters. The molecule has 0 bridgehead atoms. The van der Waals surface area contributed by atoms with E-state index in [0.29, 0.717) is 23.2 Å². The smallest absolute Gasteiger partial charge is 0.254 e. The average molecular weight is 413 g/mol. The Bertz CT molecular complexity index is 637. The van der Waals surface area contributed by atoms with Crippen LogP contribution in [0.15, 0.2) is 24.3 Å². The molecule has 0 saturated heterocycles. The van der Waals surface area contributed by atoms with Crippen LogP contribution in [-0.2, 0) is 0 Å². The molecule has 0 atom stereocenters. The number of carbonyl (C=O) groups excluding carboxylic acids is 2. The van der Waals surface area contributed by atoms with E-state index in [4.69, 9.17) is 0 Å². The quantitative estimate of drug-likeness (QED) is 0.570. The van der Waals surface area contributed by atoms with Gasteiger partial charge in [0.05, 0.1) is 0 Å². The van der Waals surface area contributed by atoms with Crippen molar-refractivity contribution in [3.8, 4) is 0 Å². The van der Waals surface area contributed by atoms with Gasteiger partial charge in [-0.05, 0) is 77.6 Å². The Morgan fingerprint density at radius 3 is 1.20 bits per heavy atom. The number of benzene rings is 1. The second-order valence-corrected chi connectivity index (χ2v) is 9.77. The van der Waals surface area contributed by atoms with Gasteiger partial charge in [0, 0.05) is 35.3 Å². The minimum atomic E-state index is 0.101. The summed E-state index contributed by atoms with van der Waals surface area (Å²) in [6, 6.07) is 8.47. The minimum Gasteiger partial charge on any atom is -0.333 e. The summed E-state index contributed by atoms with van der Waals surface area (Å²) in [5.41, 5.74) is 1.39. The van der Waals surface area contributed by atoms with Crippen LogP contribution in [-0.4, -0.2) is 45.8 Å². The summed E-state index contributed by atoms with van der Waals surface area (Å²) in [5, 5.41) is 0. The van der Waals surface area contributed by atoms with Crippen molar-refractivity contribution in [1.29, 1.82) is 0 Å². The largest absolute Gasteiger partial charge is 0.333 e. The van der Waals surface area contributed by atoms with Crippen LogP contribution >= 0.6 is 0 Å². The van der Waals surface area contributed by atoms with Crippen molar-refractivity contribution in [3.63, 3.8) is 0 Å². The lowest BCUT2D eigenvalue weighted by Gasteiger charge is -2.38. The molecule has 0 spiro atoms. The summed E-state index contributed by atoms with van der Waals surface area (Å²) in [6.07, 6.45) is 11.8. The normalized spacial score (nSPS) is 18.6. The molecule has 0 radical (unpaired) electrons. The summed E-state index contributed by atoms with van der Waals surface area (Å²) in [6.45, 7) is 8.42. The van der Waals surface area contributed by atoms with Crippen molar-refractivity contribution < 1.29 is 9.59 Å². The third-order valence-corrected chi connectivity index (χ3v) is 6.90. The van der Waals surface area contributed by atoms with Gasteiger partial charge in [-0.15, -0.1) is 0 Å². The molecule has 0 N–H and O–H groups in total. The molecule has 2 saturated carbocycles. The van der Waals surface area contributed by atoms with Crippen LogP contribution in [0.5, 0.6) is 0 Å². The molecule has 2 aliphatic carbocycles. The lowest BCUT2D eigenvalue weighted by Crippen LogP contribution is -2.46. The van der Waals surface area contributed by atoms with Gasteiger partial charge in [-0.2, -0.15) is 0 Å². The number of amides is 2. The fraction of sp³-hybridized carbons (Fsp3) is 0.692. The van der Waals surface area contributed by atoms with E-state index < -0.39 is 0 Å². The second kappa shape index (κ2) is 10.5. The first-order valence-corrected chi connectivity index (χ1v) is 12.2. The highest BCUT2D eigenvalue weighted by Crippen LogP contribution is 2.27. The minimum absolute atomic E-state index is 0.101. The van der Waals surface area contributed by atoms with Crippen molar-refractivity contribution >= 4 is 11.8 Å². The van der Waals surface area contributed by atoms with Crippen LogP contribution in [0.25, 0.3) is 0 Å². The molecule has 2 amide bonds. The SMILES string of the molecule is CC(C)N(C(=O)c1ccc(C(=O)N(C(C)C)C2CCCCC2)cc1)C1CCCCC1. The van der Waals surface area contributed by atoms with Gasteiger partial charge in [-0.1, -0.05) is 38.5 Å². The maximum absolute atomic E-state index is 13.3. The summed E-state index contributed by atoms with van der Waals surface area (Å²) < 4.78 is 0. The van der Waals surface area contributed by atoms with E-state index in [1.165, 1.54) is 38.5 Å². The van der Waals surface area contributed by atoms with Gasteiger partial charge in [0.15, 0.2) is 0 Å². The lowest BCUT2D eigenvalue weighted by atomic mass is 9.92. The number of hydrogen-bond donors (Lipinski definition) is 0. The number of nitrogens with zero attached hydrogens (tertiary/aromatic N) is 2. The molecule has 0 aromatic heterocycles. The van der Waals surface area contributed by atoms with E-state index in [-0.39, 0.29) is 23.9 Å². The summed E-state index contributed by atoms with van der Waals surface area (Å²) in [7, 11) is 0. The van der Waals surface area contributed by atoms with Crippen molar-refractivity contribution in [2.75, 3.05) is 0 Å². The van der Waals surface area contributed by atoms with Crippen LogP contribution in [0.3, 0.4) is 0 Å². The Labute approximate surface area is 183 Å². The molecule has 0 heterocycles. The van der Waals surface area contributed by atoms with Crippen LogP contribution in [0.2, 0.25) is 0 Å². The zero-order valence-electron chi connectivity index (χ0n) is 19.4. The zero-order valence-corrected chi connectivity index (χ0v) is 19.4. The Morgan fingerprint density at radius 1 is 0.633 bits per heavy atom. The number of carbonyl (C=O) groups is 2. The molecule has 1 aromatic rings. The molecule has 1 aromatic carbocycles. The first-order valence-electron chi connectivity index (χ1n) is 12.2. The standard InChI is InChI=1S/C26H40N2O2/c1-19(2)27(23-11-7-5-8-12-23)25(29)21-15-17-22(18-16-21)26(30)28(20(3)4)24-13-9-6-10-14-24/h15-20,23-24H,5-14H2,1-4H3. The molecule has 0 aliphatic heterocycles. The fourth-order valence-electron chi connectivity index (χ4n) is 5.42. The van der Waals surface area contributed by atoms with Crippen molar-refractivity contribution in [2.45, 2.75) is 116 Å². The Morgan fingerprint density at radius 2 is 0.933 bits per heavy atom. The van der Waals surface area contributed by atoms with E-state index >= 15 is 0 Å². The molecular formula is C26H40N2O2. The fourth-order valence-corrected chi connectivity index (χ4v) is 5.42. The van der Waals surface area contributed by atoms with Crippen molar-refractivity contribution in [2.24, 2.45) is 0 Å². The third-order valence-electron chi connectivity index (χ3n) is 6.90. The van der Waals surface area contributed by atoms with Crippen molar-refractivity contribution in [3.05, 3.63) is 35.4 Å². The molecule has 30 heavy (non-hydrogen) atoms. The van der Waals surface area contributed by atoms with Crippen LogP contribution in [0, 0.1) is 0 Å². The average Bonchev–Trinajstić information content (AvgIpc) is 2.75. The molecule has 2 aliphatic rings. The van der Waals surface area contributed by atoms with E-state index in [0.717, 1.165) is 25.7 Å². The first kappa shape index (κ1) is 22.8. The maximum atomic E-state index is 13.3. The Balaban J connectivity index is 1.75. The number of hydrogen-bond acceptors (Lipinski definition) is 2. The van der Waals surface area contributed by atoms with Gasteiger partial charge < -0.3 is 9.80 Å². The zero-order chi connectivity index (χ0) is 21.7. The molecule has 2 fully saturated rings. The van der Waals surface area contributed by atoms with Crippen molar-refractivity contribution in [1.82, 2.24) is 9.80 Å². The Kier molecular flexibility index (Phi) is 7.96. The topological polar surface area (TPSA) is 40.6 Å². The van der Waals surface area contributed by atoms with Gasteiger partial charge in [0.2, 0.25) is 0 Å². The van der Waals surface area contributed by atoms with Crippen LogP contribution < -0.4 is 0 Å². The molecule has 166 valence electrons. The molecule has 4 nitrogen and oxygen atoms in total. The summed E-state index contributed by atoms with van der Waals surface area (Å²) in [4.78, 5) is 30.7. The van der Waals surface area contributed by atoms with Gasteiger partial charge in [0.1, 0.15) is 0 Å². The summed E-state index contributed by atoms with van der Waals surface area (Å²) >= 11 is 0. The predicted molar refractivity (Wildman–Crippen MR) is 123 cm³/mol. The molecular weight excluding hydrogens is 372 g/mol. The Hall–Kier alpha value is -1.84. The highest BCUT2D eigenvalue weighted by Gasteiger charge is 2.30. The number of rotatable bonds is 6. The van der Waals surface area contributed by atoms with E-state index in [2.05, 4.69) is 37.5 Å². The van der Waals surface area contributed by atoms with Gasteiger partial charge in [-0.25, -0.2) is 0 Å². The van der Waals surface area contributed by atoms with E-state index in [1.807, 2.05) is 24.3 Å². The van der Waals surface area contributed by atoms with Gasteiger partial charge >= 0.3 is 0 Å². The highest BCUT2D eigenvalue weighted by molar-refractivity contribution is 5.98.